The van der Waals surface area contributed by atoms with E-state index in [9.17, 15) is 12.8 Å². The van der Waals surface area contributed by atoms with Gasteiger partial charge in [-0.15, -0.1) is 0 Å². The summed E-state index contributed by atoms with van der Waals surface area (Å²) in [5.41, 5.74) is 3.46. The molecule has 0 amide bonds. The van der Waals surface area contributed by atoms with E-state index >= 15 is 0 Å². The zero-order chi connectivity index (χ0) is 16.1. The van der Waals surface area contributed by atoms with E-state index in [0.29, 0.717) is 11.0 Å². The number of nitrogens with zero attached hydrogens (tertiary/aromatic N) is 2. The van der Waals surface area contributed by atoms with Crippen molar-refractivity contribution in [3.63, 3.8) is 0 Å². The van der Waals surface area contributed by atoms with Crippen LogP contribution >= 0.6 is 0 Å². The topological polar surface area (TPSA) is 52.0 Å². The fourth-order valence-electron chi connectivity index (χ4n) is 2.33. The molecule has 0 saturated carbocycles. The Balaban J connectivity index is 2.25. The van der Waals surface area contributed by atoms with Gasteiger partial charge in [0.05, 0.1) is 15.9 Å². The van der Waals surface area contributed by atoms with Crippen molar-refractivity contribution in [3.05, 3.63) is 59.2 Å². The van der Waals surface area contributed by atoms with Gasteiger partial charge in [-0.1, -0.05) is 0 Å². The summed E-state index contributed by atoms with van der Waals surface area (Å²) in [4.78, 5) is 4.21. The number of benzene rings is 2. The van der Waals surface area contributed by atoms with Gasteiger partial charge in [0.2, 0.25) is 0 Å². The van der Waals surface area contributed by atoms with Crippen molar-refractivity contribution in [1.29, 1.82) is 0 Å². The highest BCUT2D eigenvalue weighted by Crippen LogP contribution is 2.24. The van der Waals surface area contributed by atoms with Gasteiger partial charge < -0.3 is 0 Å². The fraction of sp³-hybridized carbons (Fsp3) is 0.188. The molecule has 6 heteroatoms. The highest BCUT2D eigenvalue weighted by atomic mass is 32.2. The summed E-state index contributed by atoms with van der Waals surface area (Å²) in [6.07, 6.45) is 1.29. The highest BCUT2D eigenvalue weighted by molar-refractivity contribution is 7.90. The Kier molecular flexibility index (Phi) is 3.29. The minimum atomic E-state index is -3.80. The first kappa shape index (κ1) is 14.7. The van der Waals surface area contributed by atoms with Crippen molar-refractivity contribution in [2.45, 2.75) is 25.7 Å². The number of hydrogen-bond acceptors (Lipinski definition) is 3. The summed E-state index contributed by atoms with van der Waals surface area (Å²) in [5, 5.41) is 0. The molecule has 2 aromatic carbocycles. The third-order valence-electron chi connectivity index (χ3n) is 3.82. The Labute approximate surface area is 128 Å². The summed E-state index contributed by atoms with van der Waals surface area (Å²) in [5.74, 6) is -0.430. The molecular formula is C16H15FN2O2S. The zero-order valence-corrected chi connectivity index (χ0v) is 13.3. The van der Waals surface area contributed by atoms with Crippen LogP contribution in [0.4, 0.5) is 4.39 Å². The molecule has 3 rings (SSSR count). The third kappa shape index (κ3) is 2.20. The Bertz CT molecular complexity index is 991. The van der Waals surface area contributed by atoms with E-state index in [2.05, 4.69) is 4.98 Å². The van der Waals surface area contributed by atoms with Crippen LogP contribution in [0.3, 0.4) is 0 Å². The van der Waals surface area contributed by atoms with Gasteiger partial charge in [0.15, 0.2) is 0 Å². The number of hydrogen-bond donors (Lipinski definition) is 0. The Hall–Kier alpha value is -2.21. The third-order valence-corrected chi connectivity index (χ3v) is 5.47. The lowest BCUT2D eigenvalue weighted by molar-refractivity contribution is 0.587. The average Bonchev–Trinajstić information content (AvgIpc) is 2.85. The van der Waals surface area contributed by atoms with E-state index in [4.69, 9.17) is 0 Å². The molecule has 0 aliphatic rings. The molecule has 0 aliphatic carbocycles. The van der Waals surface area contributed by atoms with Gasteiger partial charge in [-0.05, 0) is 67.8 Å². The molecule has 1 heterocycles. The molecule has 22 heavy (non-hydrogen) atoms. The van der Waals surface area contributed by atoms with Crippen LogP contribution in [-0.4, -0.2) is 17.4 Å². The van der Waals surface area contributed by atoms with Crippen LogP contribution in [0.1, 0.15) is 16.7 Å². The lowest BCUT2D eigenvalue weighted by Gasteiger charge is -2.09. The van der Waals surface area contributed by atoms with Gasteiger partial charge in [-0.25, -0.2) is 21.8 Å². The molecular weight excluding hydrogens is 303 g/mol. The van der Waals surface area contributed by atoms with E-state index in [1.807, 2.05) is 19.9 Å². The number of imidazole rings is 1. The number of halogens is 1. The summed E-state index contributed by atoms with van der Waals surface area (Å²) in [7, 11) is -3.80. The molecule has 0 radical (unpaired) electrons. The first-order valence-electron chi connectivity index (χ1n) is 6.77. The van der Waals surface area contributed by atoms with Crippen molar-refractivity contribution >= 4 is 21.1 Å². The lowest BCUT2D eigenvalue weighted by atomic mass is 10.1. The Morgan fingerprint density at radius 3 is 2.36 bits per heavy atom. The molecule has 1 aromatic heterocycles. The minimum Gasteiger partial charge on any atom is -0.236 e. The second-order valence-electron chi connectivity index (χ2n) is 5.38. The Morgan fingerprint density at radius 1 is 1.00 bits per heavy atom. The first-order valence-corrected chi connectivity index (χ1v) is 8.21. The van der Waals surface area contributed by atoms with Crippen molar-refractivity contribution in [1.82, 2.24) is 8.96 Å². The minimum absolute atomic E-state index is 0.0453. The first-order chi connectivity index (χ1) is 10.3. The van der Waals surface area contributed by atoms with Crippen LogP contribution in [0.2, 0.25) is 0 Å². The molecule has 0 N–H and O–H groups in total. The average molecular weight is 318 g/mol. The zero-order valence-electron chi connectivity index (χ0n) is 12.5. The number of rotatable bonds is 2. The van der Waals surface area contributed by atoms with Crippen LogP contribution < -0.4 is 0 Å². The maximum Gasteiger partial charge on any atom is 0.269 e. The molecule has 3 aromatic rings. The van der Waals surface area contributed by atoms with E-state index < -0.39 is 15.8 Å². The number of aryl methyl sites for hydroxylation is 3. The standard InChI is InChI=1S/C16H15FN2O2S/c1-10-7-15-16(8-11(10)2)19(9-18-15)22(20,21)13-4-5-14(17)12(3)6-13/h4-9H,1-3H3. The van der Waals surface area contributed by atoms with E-state index in [1.165, 1.54) is 25.4 Å². The van der Waals surface area contributed by atoms with E-state index in [1.54, 1.807) is 6.07 Å². The maximum atomic E-state index is 13.4. The number of aromatic nitrogens is 2. The predicted octanol–water partition coefficient (Wildman–Crippen LogP) is 3.34. The quantitative estimate of drug-likeness (QED) is 0.728. The maximum absolute atomic E-state index is 13.4. The van der Waals surface area contributed by atoms with Gasteiger partial charge in [0.1, 0.15) is 12.1 Å². The van der Waals surface area contributed by atoms with Crippen molar-refractivity contribution in [3.8, 4) is 0 Å². The Morgan fingerprint density at radius 2 is 1.68 bits per heavy atom. The summed E-state index contributed by atoms with van der Waals surface area (Å²) in [6, 6.07) is 7.41. The largest absolute Gasteiger partial charge is 0.269 e. The molecule has 0 atom stereocenters. The molecule has 0 aliphatic heterocycles. The lowest BCUT2D eigenvalue weighted by Crippen LogP contribution is -2.12. The summed E-state index contributed by atoms with van der Waals surface area (Å²) in [6.45, 7) is 5.40. The smallest absolute Gasteiger partial charge is 0.236 e. The SMILES string of the molecule is Cc1cc2ncn(S(=O)(=O)c3ccc(F)c(C)c3)c2cc1C. The molecule has 0 saturated heterocycles. The second-order valence-corrected chi connectivity index (χ2v) is 7.20. The monoisotopic (exact) mass is 318 g/mol. The highest BCUT2D eigenvalue weighted by Gasteiger charge is 2.20. The van der Waals surface area contributed by atoms with Gasteiger partial charge in [0.25, 0.3) is 10.0 Å². The summed E-state index contributed by atoms with van der Waals surface area (Å²) >= 11 is 0. The second kappa shape index (κ2) is 4.91. The normalized spacial score (nSPS) is 12.0. The number of fused-ring (bicyclic) bond motifs is 1. The molecule has 0 bridgehead atoms. The molecule has 0 fully saturated rings. The molecule has 114 valence electrons. The van der Waals surface area contributed by atoms with Crippen LogP contribution in [0, 0.1) is 26.6 Å². The van der Waals surface area contributed by atoms with Crippen LogP contribution in [0.15, 0.2) is 41.6 Å². The van der Waals surface area contributed by atoms with Crippen molar-refractivity contribution in [2.75, 3.05) is 0 Å². The van der Waals surface area contributed by atoms with E-state index in [-0.39, 0.29) is 10.5 Å². The molecule has 4 nitrogen and oxygen atoms in total. The van der Waals surface area contributed by atoms with Gasteiger partial charge in [-0.2, -0.15) is 0 Å². The fourth-order valence-corrected chi connectivity index (χ4v) is 3.69. The molecule has 0 spiro atoms. The summed E-state index contributed by atoms with van der Waals surface area (Å²) < 4.78 is 40.0. The van der Waals surface area contributed by atoms with E-state index in [0.717, 1.165) is 21.2 Å². The van der Waals surface area contributed by atoms with Crippen molar-refractivity contribution in [2.24, 2.45) is 0 Å². The van der Waals surface area contributed by atoms with Crippen LogP contribution in [0.5, 0.6) is 0 Å². The van der Waals surface area contributed by atoms with Gasteiger partial charge in [0, 0.05) is 0 Å². The van der Waals surface area contributed by atoms with Gasteiger partial charge in [-0.3, -0.25) is 0 Å². The van der Waals surface area contributed by atoms with Crippen LogP contribution in [-0.2, 0) is 10.0 Å². The predicted molar refractivity (Wildman–Crippen MR) is 82.9 cm³/mol. The molecule has 0 unspecified atom stereocenters. The van der Waals surface area contributed by atoms with Crippen LogP contribution in [0.25, 0.3) is 11.0 Å². The van der Waals surface area contributed by atoms with Crippen molar-refractivity contribution < 1.29 is 12.8 Å². The van der Waals surface area contributed by atoms with Gasteiger partial charge >= 0.3 is 0 Å².